The maximum absolute atomic E-state index is 12.0. The molecule has 18 heavy (non-hydrogen) atoms. The number of sulfonamides is 1. The summed E-state index contributed by atoms with van der Waals surface area (Å²) in [5.41, 5.74) is 0. The molecule has 1 saturated carbocycles. The van der Waals surface area contributed by atoms with Crippen molar-refractivity contribution in [3.63, 3.8) is 0 Å². The van der Waals surface area contributed by atoms with Crippen LogP contribution in [-0.2, 0) is 10.0 Å². The summed E-state index contributed by atoms with van der Waals surface area (Å²) in [5, 5.41) is 12.6. The minimum atomic E-state index is -3.17. The third kappa shape index (κ3) is 4.50. The van der Waals surface area contributed by atoms with Gasteiger partial charge in [0, 0.05) is 6.04 Å². The van der Waals surface area contributed by atoms with E-state index >= 15 is 0 Å². The van der Waals surface area contributed by atoms with E-state index in [1.165, 1.54) is 0 Å². The quantitative estimate of drug-likeness (QED) is 0.686. The third-order valence-corrected chi connectivity index (χ3v) is 5.50. The average Bonchev–Trinajstić information content (AvgIpc) is 2.32. The van der Waals surface area contributed by atoms with Gasteiger partial charge >= 0.3 is 0 Å². The monoisotopic (exact) mass is 276 g/mol. The second-order valence-corrected chi connectivity index (χ2v) is 7.42. The number of aliphatic hydroxyl groups excluding tert-OH is 1. The van der Waals surface area contributed by atoms with Crippen molar-refractivity contribution in [1.82, 2.24) is 10.0 Å². The van der Waals surface area contributed by atoms with Crippen LogP contribution in [0.15, 0.2) is 0 Å². The molecule has 2 rings (SSSR count). The summed E-state index contributed by atoms with van der Waals surface area (Å²) in [4.78, 5) is 0. The van der Waals surface area contributed by atoms with E-state index in [0.29, 0.717) is 12.8 Å². The van der Waals surface area contributed by atoms with Crippen molar-refractivity contribution in [3.8, 4) is 0 Å². The smallest absolute Gasteiger partial charge is 0.212 e. The summed E-state index contributed by atoms with van der Waals surface area (Å²) in [6.07, 6.45) is 4.74. The first-order chi connectivity index (χ1) is 8.55. The lowest BCUT2D eigenvalue weighted by molar-refractivity contribution is 0.120. The molecule has 0 aromatic carbocycles. The second-order valence-electron chi connectivity index (χ2n) is 5.62. The molecule has 2 aliphatic rings. The number of piperidine rings is 1. The van der Waals surface area contributed by atoms with E-state index in [2.05, 4.69) is 10.0 Å². The van der Waals surface area contributed by atoms with Crippen molar-refractivity contribution in [1.29, 1.82) is 0 Å². The molecule has 1 heterocycles. The lowest BCUT2D eigenvalue weighted by Crippen LogP contribution is -2.43. The van der Waals surface area contributed by atoms with Crippen molar-refractivity contribution < 1.29 is 13.5 Å². The molecule has 5 nitrogen and oxygen atoms in total. The molecular formula is C12H24N2O3S. The summed E-state index contributed by atoms with van der Waals surface area (Å²) in [6.45, 7) is 1.81. The predicted octanol–water partition coefficient (Wildman–Crippen LogP) is 0.209. The molecule has 0 amide bonds. The molecule has 0 bridgehead atoms. The zero-order valence-electron chi connectivity index (χ0n) is 10.8. The fourth-order valence-corrected chi connectivity index (χ4v) is 4.62. The molecule has 0 spiro atoms. The van der Waals surface area contributed by atoms with Gasteiger partial charge in [-0.05, 0) is 57.5 Å². The molecule has 1 aliphatic heterocycles. The van der Waals surface area contributed by atoms with Gasteiger partial charge in [0.1, 0.15) is 0 Å². The highest BCUT2D eigenvalue weighted by Crippen LogP contribution is 2.20. The van der Waals surface area contributed by atoms with Crippen LogP contribution in [0.1, 0.15) is 38.5 Å². The van der Waals surface area contributed by atoms with Gasteiger partial charge in [-0.2, -0.15) is 0 Å². The number of aliphatic hydroxyl groups is 1. The van der Waals surface area contributed by atoms with Gasteiger partial charge in [-0.1, -0.05) is 0 Å². The summed E-state index contributed by atoms with van der Waals surface area (Å²) in [6, 6.07) is 0.0231. The SMILES string of the molecule is O=S(=O)(CC1CCCNC1)NC1CCC(O)CC1. The van der Waals surface area contributed by atoms with Gasteiger partial charge in [0.25, 0.3) is 0 Å². The Morgan fingerprint density at radius 2 is 1.89 bits per heavy atom. The van der Waals surface area contributed by atoms with Crippen LogP contribution in [0.5, 0.6) is 0 Å². The first-order valence-corrected chi connectivity index (χ1v) is 8.59. The molecular weight excluding hydrogens is 252 g/mol. The number of hydrogen-bond acceptors (Lipinski definition) is 4. The first-order valence-electron chi connectivity index (χ1n) is 6.94. The predicted molar refractivity (Wildman–Crippen MR) is 70.8 cm³/mol. The van der Waals surface area contributed by atoms with Crippen molar-refractivity contribution >= 4 is 10.0 Å². The normalized spacial score (nSPS) is 34.4. The molecule has 1 aliphatic carbocycles. The number of nitrogens with one attached hydrogen (secondary N) is 2. The van der Waals surface area contributed by atoms with E-state index < -0.39 is 10.0 Å². The Balaban J connectivity index is 1.79. The van der Waals surface area contributed by atoms with Crippen LogP contribution in [0, 0.1) is 5.92 Å². The van der Waals surface area contributed by atoms with E-state index in [-0.39, 0.29) is 23.8 Å². The van der Waals surface area contributed by atoms with E-state index in [0.717, 1.165) is 38.8 Å². The molecule has 2 fully saturated rings. The molecule has 6 heteroatoms. The Hall–Kier alpha value is -0.170. The van der Waals surface area contributed by atoms with Crippen LogP contribution in [0.25, 0.3) is 0 Å². The van der Waals surface area contributed by atoms with Crippen molar-refractivity contribution in [2.24, 2.45) is 5.92 Å². The van der Waals surface area contributed by atoms with Crippen LogP contribution in [0.2, 0.25) is 0 Å². The zero-order chi connectivity index (χ0) is 13.0. The van der Waals surface area contributed by atoms with Gasteiger partial charge in [0.05, 0.1) is 11.9 Å². The molecule has 0 aromatic heterocycles. The number of rotatable bonds is 4. The minimum absolute atomic E-state index is 0.0231. The largest absolute Gasteiger partial charge is 0.393 e. The van der Waals surface area contributed by atoms with E-state index in [4.69, 9.17) is 0 Å². The van der Waals surface area contributed by atoms with Gasteiger partial charge in [0.2, 0.25) is 10.0 Å². The van der Waals surface area contributed by atoms with E-state index in [9.17, 15) is 13.5 Å². The lowest BCUT2D eigenvalue weighted by Gasteiger charge is -2.28. The summed E-state index contributed by atoms with van der Waals surface area (Å²) < 4.78 is 26.9. The Labute approximate surface area is 109 Å². The molecule has 3 N–H and O–H groups in total. The van der Waals surface area contributed by atoms with Crippen LogP contribution in [-0.4, -0.2) is 44.5 Å². The molecule has 1 atom stereocenters. The molecule has 0 aromatic rings. The Morgan fingerprint density at radius 1 is 1.17 bits per heavy atom. The Bertz CT molecular complexity index is 344. The molecule has 1 unspecified atom stereocenters. The van der Waals surface area contributed by atoms with Crippen LogP contribution < -0.4 is 10.0 Å². The highest BCUT2D eigenvalue weighted by atomic mass is 32.2. The van der Waals surface area contributed by atoms with Gasteiger partial charge in [-0.15, -0.1) is 0 Å². The van der Waals surface area contributed by atoms with Gasteiger partial charge in [-0.25, -0.2) is 13.1 Å². The summed E-state index contributed by atoms with van der Waals surface area (Å²) in [7, 11) is -3.17. The van der Waals surface area contributed by atoms with Crippen LogP contribution >= 0.6 is 0 Å². The highest BCUT2D eigenvalue weighted by molar-refractivity contribution is 7.89. The van der Waals surface area contributed by atoms with Crippen LogP contribution in [0.3, 0.4) is 0 Å². The average molecular weight is 276 g/mol. The zero-order valence-corrected chi connectivity index (χ0v) is 11.6. The number of hydrogen-bond donors (Lipinski definition) is 3. The standard InChI is InChI=1S/C12H24N2O3S/c15-12-5-3-11(4-6-12)14-18(16,17)9-10-2-1-7-13-8-10/h10-15H,1-9H2. The lowest BCUT2D eigenvalue weighted by atomic mass is 9.94. The topological polar surface area (TPSA) is 78.4 Å². The third-order valence-electron chi connectivity index (χ3n) is 3.90. The maximum atomic E-state index is 12.0. The van der Waals surface area contributed by atoms with Crippen molar-refractivity contribution in [2.75, 3.05) is 18.8 Å². The molecule has 0 radical (unpaired) electrons. The Kier molecular flexibility index (Phi) is 5.00. The molecule has 106 valence electrons. The van der Waals surface area contributed by atoms with E-state index in [1.54, 1.807) is 0 Å². The van der Waals surface area contributed by atoms with Gasteiger partial charge in [0.15, 0.2) is 0 Å². The fourth-order valence-electron chi connectivity index (χ4n) is 2.87. The molecule has 1 saturated heterocycles. The van der Waals surface area contributed by atoms with Gasteiger partial charge < -0.3 is 10.4 Å². The highest BCUT2D eigenvalue weighted by Gasteiger charge is 2.26. The van der Waals surface area contributed by atoms with Gasteiger partial charge in [-0.3, -0.25) is 0 Å². The summed E-state index contributed by atoms with van der Waals surface area (Å²) in [5.74, 6) is 0.476. The minimum Gasteiger partial charge on any atom is -0.393 e. The van der Waals surface area contributed by atoms with Crippen molar-refractivity contribution in [2.45, 2.75) is 50.7 Å². The first kappa shape index (κ1) is 14.2. The van der Waals surface area contributed by atoms with Crippen molar-refractivity contribution in [3.05, 3.63) is 0 Å². The maximum Gasteiger partial charge on any atom is 0.212 e. The van der Waals surface area contributed by atoms with Crippen LogP contribution in [0.4, 0.5) is 0 Å². The fraction of sp³-hybridized carbons (Fsp3) is 1.00. The second kappa shape index (κ2) is 6.32. The summed E-state index contributed by atoms with van der Waals surface area (Å²) >= 11 is 0. The van der Waals surface area contributed by atoms with E-state index in [1.807, 2.05) is 0 Å². The Morgan fingerprint density at radius 3 is 2.50 bits per heavy atom.